The third-order valence-corrected chi connectivity index (χ3v) is 3.32. The van der Waals surface area contributed by atoms with Crippen LogP contribution in [-0.4, -0.2) is 36.5 Å². The number of rotatable bonds is 6. The van der Waals surface area contributed by atoms with E-state index in [-0.39, 0.29) is 5.91 Å². The van der Waals surface area contributed by atoms with Gasteiger partial charge in [-0.05, 0) is 19.4 Å². The summed E-state index contributed by atoms with van der Waals surface area (Å²) in [4.78, 5) is 13.8. The van der Waals surface area contributed by atoms with Crippen molar-refractivity contribution in [3.05, 3.63) is 0 Å². The van der Waals surface area contributed by atoms with E-state index in [1.54, 1.807) is 0 Å². The molecule has 0 radical (unpaired) electrons. The van der Waals surface area contributed by atoms with Crippen molar-refractivity contribution < 1.29 is 4.79 Å². The summed E-state index contributed by atoms with van der Waals surface area (Å²) in [5, 5.41) is 11.6. The van der Waals surface area contributed by atoms with Gasteiger partial charge in [-0.1, -0.05) is 26.2 Å². The fourth-order valence-electron chi connectivity index (χ4n) is 2.28. The van der Waals surface area contributed by atoms with E-state index in [9.17, 15) is 4.79 Å². The number of hydrogen-bond donors (Lipinski definition) is 1. The van der Waals surface area contributed by atoms with Crippen molar-refractivity contribution in [1.82, 2.24) is 10.2 Å². The second kappa shape index (κ2) is 8.08. The Morgan fingerprint density at radius 1 is 1.41 bits per heavy atom. The van der Waals surface area contributed by atoms with Crippen LogP contribution < -0.4 is 5.32 Å². The molecule has 0 saturated heterocycles. The predicted molar refractivity (Wildman–Crippen MR) is 67.4 cm³/mol. The number of amides is 1. The van der Waals surface area contributed by atoms with Gasteiger partial charge >= 0.3 is 0 Å². The SMILES string of the molecule is CCN(CCC#N)CC(=O)NC1CCCCC1. The van der Waals surface area contributed by atoms with Crippen LogP contribution in [-0.2, 0) is 4.79 Å². The van der Waals surface area contributed by atoms with Crippen LogP contribution in [0.2, 0.25) is 0 Å². The predicted octanol–water partition coefficient (Wildman–Crippen LogP) is 1.67. The molecule has 1 aliphatic rings. The van der Waals surface area contributed by atoms with Crippen molar-refractivity contribution in [2.75, 3.05) is 19.6 Å². The zero-order valence-corrected chi connectivity index (χ0v) is 10.7. The Balaban J connectivity index is 2.24. The van der Waals surface area contributed by atoms with Crippen LogP contribution in [0.1, 0.15) is 45.4 Å². The highest BCUT2D eigenvalue weighted by atomic mass is 16.2. The van der Waals surface area contributed by atoms with E-state index in [4.69, 9.17) is 5.26 Å². The largest absolute Gasteiger partial charge is 0.352 e. The van der Waals surface area contributed by atoms with Gasteiger partial charge in [-0.25, -0.2) is 0 Å². The van der Waals surface area contributed by atoms with Crippen LogP contribution in [0, 0.1) is 11.3 Å². The summed E-state index contributed by atoms with van der Waals surface area (Å²) < 4.78 is 0. The summed E-state index contributed by atoms with van der Waals surface area (Å²) in [5.74, 6) is 0.108. The summed E-state index contributed by atoms with van der Waals surface area (Å²) >= 11 is 0. The average Bonchev–Trinajstić information content (AvgIpc) is 2.35. The molecule has 0 bridgehead atoms. The Bertz CT molecular complexity index is 266. The molecular formula is C13H23N3O. The van der Waals surface area contributed by atoms with Gasteiger partial charge in [0.1, 0.15) is 0 Å². The van der Waals surface area contributed by atoms with E-state index in [0.717, 1.165) is 19.4 Å². The van der Waals surface area contributed by atoms with E-state index >= 15 is 0 Å². The first-order valence-corrected chi connectivity index (χ1v) is 6.65. The minimum atomic E-state index is 0.108. The number of nitrogens with one attached hydrogen (secondary N) is 1. The molecule has 1 fully saturated rings. The molecule has 0 aromatic heterocycles. The normalized spacial score (nSPS) is 16.8. The van der Waals surface area contributed by atoms with Gasteiger partial charge < -0.3 is 5.32 Å². The Labute approximate surface area is 104 Å². The van der Waals surface area contributed by atoms with E-state index < -0.39 is 0 Å². The van der Waals surface area contributed by atoms with Crippen LogP contribution in [0.5, 0.6) is 0 Å². The second-order valence-corrected chi connectivity index (χ2v) is 4.68. The quantitative estimate of drug-likeness (QED) is 0.764. The Morgan fingerprint density at radius 2 is 2.12 bits per heavy atom. The number of carbonyl (C=O) groups excluding carboxylic acids is 1. The standard InChI is InChI=1S/C13H23N3O/c1-2-16(10-6-9-14)11-13(17)15-12-7-4-3-5-8-12/h12H,2-8,10-11H2,1H3,(H,15,17). The number of nitrogens with zero attached hydrogens (tertiary/aromatic N) is 2. The molecule has 0 unspecified atom stereocenters. The molecule has 0 heterocycles. The maximum atomic E-state index is 11.8. The summed E-state index contributed by atoms with van der Waals surface area (Å²) in [7, 11) is 0. The van der Waals surface area contributed by atoms with Crippen molar-refractivity contribution in [2.24, 2.45) is 0 Å². The van der Waals surface area contributed by atoms with E-state index in [1.807, 2.05) is 11.8 Å². The smallest absolute Gasteiger partial charge is 0.234 e. The molecule has 0 spiro atoms. The molecule has 0 aliphatic heterocycles. The lowest BCUT2D eigenvalue weighted by molar-refractivity contribution is -0.123. The minimum Gasteiger partial charge on any atom is -0.352 e. The molecule has 17 heavy (non-hydrogen) atoms. The molecule has 96 valence electrons. The second-order valence-electron chi connectivity index (χ2n) is 4.68. The fraction of sp³-hybridized carbons (Fsp3) is 0.846. The zero-order chi connectivity index (χ0) is 12.5. The van der Waals surface area contributed by atoms with Crippen LogP contribution in [0.15, 0.2) is 0 Å². The highest BCUT2D eigenvalue weighted by Crippen LogP contribution is 2.17. The van der Waals surface area contributed by atoms with E-state index in [1.165, 1.54) is 19.3 Å². The lowest BCUT2D eigenvalue weighted by Crippen LogP contribution is -2.43. The minimum absolute atomic E-state index is 0.108. The summed E-state index contributed by atoms with van der Waals surface area (Å²) in [6, 6.07) is 2.49. The van der Waals surface area contributed by atoms with Crippen LogP contribution in [0.3, 0.4) is 0 Å². The van der Waals surface area contributed by atoms with Crippen molar-refractivity contribution in [1.29, 1.82) is 5.26 Å². The fourth-order valence-corrected chi connectivity index (χ4v) is 2.28. The molecule has 1 rings (SSSR count). The Morgan fingerprint density at radius 3 is 2.71 bits per heavy atom. The third-order valence-electron chi connectivity index (χ3n) is 3.32. The summed E-state index contributed by atoms with van der Waals surface area (Å²) in [6.07, 6.45) is 6.50. The zero-order valence-electron chi connectivity index (χ0n) is 10.7. The average molecular weight is 237 g/mol. The maximum Gasteiger partial charge on any atom is 0.234 e. The van der Waals surface area contributed by atoms with Gasteiger partial charge in [-0.2, -0.15) is 5.26 Å². The summed E-state index contributed by atoms with van der Waals surface area (Å²) in [6.45, 7) is 3.95. The Hall–Kier alpha value is -1.08. The van der Waals surface area contributed by atoms with Gasteiger partial charge in [-0.15, -0.1) is 0 Å². The van der Waals surface area contributed by atoms with Gasteiger partial charge in [0.15, 0.2) is 0 Å². The lowest BCUT2D eigenvalue weighted by atomic mass is 9.95. The van der Waals surface area contributed by atoms with Crippen LogP contribution in [0.25, 0.3) is 0 Å². The van der Waals surface area contributed by atoms with E-state index in [2.05, 4.69) is 11.4 Å². The molecule has 1 N–H and O–H groups in total. The molecular weight excluding hydrogens is 214 g/mol. The molecule has 0 aromatic carbocycles. The molecule has 4 heteroatoms. The van der Waals surface area contributed by atoms with E-state index in [0.29, 0.717) is 25.6 Å². The topological polar surface area (TPSA) is 56.1 Å². The summed E-state index contributed by atoms with van der Waals surface area (Å²) in [5.41, 5.74) is 0. The number of nitriles is 1. The van der Waals surface area contributed by atoms with Gasteiger partial charge in [0, 0.05) is 19.0 Å². The van der Waals surface area contributed by atoms with Gasteiger partial charge in [0.2, 0.25) is 5.91 Å². The van der Waals surface area contributed by atoms with Crippen molar-refractivity contribution in [3.63, 3.8) is 0 Å². The Kier molecular flexibility index (Phi) is 6.64. The first kappa shape index (κ1) is 14.0. The molecule has 1 saturated carbocycles. The monoisotopic (exact) mass is 237 g/mol. The van der Waals surface area contributed by atoms with Crippen LogP contribution in [0.4, 0.5) is 0 Å². The number of likely N-dealkylation sites (N-methyl/N-ethyl adjacent to an activating group) is 1. The van der Waals surface area contributed by atoms with Gasteiger partial charge in [0.25, 0.3) is 0 Å². The molecule has 0 aromatic rings. The molecule has 0 atom stereocenters. The van der Waals surface area contributed by atoms with Crippen LogP contribution >= 0.6 is 0 Å². The van der Waals surface area contributed by atoms with Gasteiger partial charge in [0.05, 0.1) is 12.6 Å². The number of carbonyl (C=O) groups is 1. The van der Waals surface area contributed by atoms with Crippen molar-refractivity contribution >= 4 is 5.91 Å². The highest BCUT2D eigenvalue weighted by Gasteiger charge is 2.16. The van der Waals surface area contributed by atoms with Gasteiger partial charge in [-0.3, -0.25) is 9.69 Å². The van der Waals surface area contributed by atoms with Crippen molar-refractivity contribution in [3.8, 4) is 6.07 Å². The third kappa shape index (κ3) is 5.69. The highest BCUT2D eigenvalue weighted by molar-refractivity contribution is 5.78. The maximum absolute atomic E-state index is 11.8. The molecule has 1 aliphatic carbocycles. The molecule has 1 amide bonds. The first-order chi connectivity index (χ1) is 8.26. The van der Waals surface area contributed by atoms with Crippen molar-refractivity contribution in [2.45, 2.75) is 51.5 Å². The number of hydrogen-bond acceptors (Lipinski definition) is 3. The lowest BCUT2D eigenvalue weighted by Gasteiger charge is -2.25. The first-order valence-electron chi connectivity index (χ1n) is 6.65. The molecule has 4 nitrogen and oxygen atoms in total.